The summed E-state index contributed by atoms with van der Waals surface area (Å²) in [6, 6.07) is 12.0. The molecule has 1 aromatic carbocycles. The van der Waals surface area contributed by atoms with Crippen LogP contribution in [0.4, 0.5) is 0 Å². The normalized spacial score (nSPS) is 13.5. The number of pyridine rings is 1. The molecule has 0 atom stereocenters. The molecule has 6 nitrogen and oxygen atoms in total. The molecule has 1 aliphatic heterocycles. The molecule has 4 heterocycles. The van der Waals surface area contributed by atoms with Crippen molar-refractivity contribution in [2.45, 2.75) is 20.0 Å². The summed E-state index contributed by atoms with van der Waals surface area (Å²) >= 11 is 0. The van der Waals surface area contributed by atoms with Crippen LogP contribution in [-0.4, -0.2) is 26.3 Å². The van der Waals surface area contributed by atoms with Gasteiger partial charge in [0.1, 0.15) is 11.3 Å². The van der Waals surface area contributed by atoms with Crippen LogP contribution in [0.1, 0.15) is 16.8 Å². The van der Waals surface area contributed by atoms with Crippen LogP contribution in [0, 0.1) is 18.3 Å². The Morgan fingerprint density at radius 1 is 1.26 bits per heavy atom. The number of aromatic nitrogens is 4. The number of aryl methyl sites for hydroxylation is 1. The minimum atomic E-state index is 0.639. The first-order valence-electron chi connectivity index (χ1n) is 9.00. The Labute approximate surface area is 156 Å². The van der Waals surface area contributed by atoms with Crippen molar-refractivity contribution in [2.24, 2.45) is 0 Å². The molecular weight excluding hydrogens is 336 g/mol. The number of H-pyrrole nitrogens is 1. The average molecular weight is 354 g/mol. The monoisotopic (exact) mass is 354 g/mol. The highest BCUT2D eigenvalue weighted by molar-refractivity contribution is 5.99. The molecule has 4 aromatic rings. The van der Waals surface area contributed by atoms with Gasteiger partial charge in [0.25, 0.3) is 0 Å². The minimum Gasteiger partial charge on any atom is -0.346 e. The Hall–Kier alpha value is -3.43. The van der Waals surface area contributed by atoms with Gasteiger partial charge in [-0.25, -0.2) is 4.98 Å². The topological polar surface area (TPSA) is 82.3 Å². The molecule has 1 aliphatic rings. The molecule has 6 heteroatoms. The maximum absolute atomic E-state index is 9.31. The molecule has 0 aliphatic carbocycles. The van der Waals surface area contributed by atoms with E-state index >= 15 is 0 Å². The second-order valence-corrected chi connectivity index (χ2v) is 6.82. The predicted molar refractivity (Wildman–Crippen MR) is 104 cm³/mol. The van der Waals surface area contributed by atoms with Gasteiger partial charge >= 0.3 is 0 Å². The molecule has 0 fully saturated rings. The quantitative estimate of drug-likeness (QED) is 0.578. The molecule has 2 N–H and O–H groups in total. The molecule has 0 spiro atoms. The smallest absolute Gasteiger partial charge is 0.138 e. The van der Waals surface area contributed by atoms with E-state index < -0.39 is 0 Å². The first-order chi connectivity index (χ1) is 13.3. The summed E-state index contributed by atoms with van der Waals surface area (Å²) in [5.74, 6) is 0. The van der Waals surface area contributed by atoms with E-state index in [1.807, 2.05) is 36.7 Å². The van der Waals surface area contributed by atoms with Crippen molar-refractivity contribution >= 4 is 11.0 Å². The lowest BCUT2D eigenvalue weighted by Gasteiger charge is -2.16. The van der Waals surface area contributed by atoms with Gasteiger partial charge in [-0.05, 0) is 36.2 Å². The van der Waals surface area contributed by atoms with Crippen LogP contribution in [0.3, 0.4) is 0 Å². The first-order valence-corrected chi connectivity index (χ1v) is 9.00. The van der Waals surface area contributed by atoms with E-state index in [0.29, 0.717) is 5.56 Å². The Bertz CT molecular complexity index is 1210. The fraction of sp³-hybridized carbons (Fsp3) is 0.190. The van der Waals surface area contributed by atoms with Gasteiger partial charge in [0.15, 0.2) is 0 Å². The molecule has 0 bridgehead atoms. The zero-order valence-electron chi connectivity index (χ0n) is 15.0. The van der Waals surface area contributed by atoms with Crippen molar-refractivity contribution in [3.8, 4) is 28.5 Å². The molecule has 0 saturated carbocycles. The standard InChI is InChI=1S/C21H18N6/c1-13-11-25-21-18(13)16(5-6-24-21)19-17-12-23-7-8-27(17)26-20(19)15-4-2-3-14(9-15)10-22/h2-6,9,11,23H,7-8,12H2,1H3,(H,24,25). The fourth-order valence-corrected chi connectivity index (χ4v) is 3.90. The lowest BCUT2D eigenvalue weighted by molar-refractivity contribution is 0.477. The van der Waals surface area contributed by atoms with Gasteiger partial charge in [-0.3, -0.25) is 4.68 Å². The number of aromatic amines is 1. The predicted octanol–water partition coefficient (Wildman–Crippen LogP) is 3.38. The van der Waals surface area contributed by atoms with Crippen molar-refractivity contribution in [1.29, 1.82) is 5.26 Å². The van der Waals surface area contributed by atoms with E-state index in [9.17, 15) is 5.26 Å². The van der Waals surface area contributed by atoms with E-state index in [-0.39, 0.29) is 0 Å². The van der Waals surface area contributed by atoms with E-state index in [2.05, 4.69) is 39.0 Å². The van der Waals surface area contributed by atoms with Crippen LogP contribution in [0.2, 0.25) is 0 Å². The van der Waals surface area contributed by atoms with E-state index in [0.717, 1.165) is 58.6 Å². The summed E-state index contributed by atoms with van der Waals surface area (Å²) in [7, 11) is 0. The number of fused-ring (bicyclic) bond motifs is 2. The summed E-state index contributed by atoms with van der Waals surface area (Å²) in [4.78, 5) is 7.72. The number of hydrogen-bond donors (Lipinski definition) is 2. The summed E-state index contributed by atoms with van der Waals surface area (Å²) in [6.07, 6.45) is 3.83. The van der Waals surface area contributed by atoms with E-state index in [4.69, 9.17) is 5.10 Å². The van der Waals surface area contributed by atoms with Crippen molar-refractivity contribution in [2.75, 3.05) is 6.54 Å². The Balaban J connectivity index is 1.84. The summed E-state index contributed by atoms with van der Waals surface area (Å²) < 4.78 is 2.09. The molecule has 0 saturated heterocycles. The molecule has 3 aromatic heterocycles. The number of nitriles is 1. The van der Waals surface area contributed by atoms with Gasteiger partial charge in [-0.15, -0.1) is 0 Å². The van der Waals surface area contributed by atoms with E-state index in [1.54, 1.807) is 0 Å². The average Bonchev–Trinajstić information content (AvgIpc) is 3.29. The maximum Gasteiger partial charge on any atom is 0.138 e. The largest absolute Gasteiger partial charge is 0.346 e. The summed E-state index contributed by atoms with van der Waals surface area (Å²) in [6.45, 7) is 4.60. The SMILES string of the molecule is Cc1c[nH]c2nccc(-c3c(-c4cccc(C#N)c4)nn4c3CNCC4)c12. The molecule has 0 radical (unpaired) electrons. The fourth-order valence-electron chi connectivity index (χ4n) is 3.90. The van der Waals surface area contributed by atoms with Crippen LogP contribution in [0.5, 0.6) is 0 Å². The minimum absolute atomic E-state index is 0.639. The van der Waals surface area contributed by atoms with Gasteiger partial charge in [0.2, 0.25) is 0 Å². The van der Waals surface area contributed by atoms with Crippen molar-refractivity contribution in [3.05, 3.63) is 59.5 Å². The second kappa shape index (κ2) is 6.08. The summed E-state index contributed by atoms with van der Waals surface area (Å²) in [5, 5.41) is 18.8. The van der Waals surface area contributed by atoms with Crippen LogP contribution in [0.15, 0.2) is 42.7 Å². The van der Waals surface area contributed by atoms with Gasteiger partial charge < -0.3 is 10.3 Å². The third-order valence-corrected chi connectivity index (χ3v) is 5.16. The van der Waals surface area contributed by atoms with Crippen LogP contribution in [0.25, 0.3) is 33.4 Å². The molecule has 0 amide bonds. The maximum atomic E-state index is 9.31. The third kappa shape index (κ3) is 2.44. The summed E-state index contributed by atoms with van der Waals surface area (Å²) in [5.41, 5.74) is 7.97. The number of benzene rings is 1. The Kier molecular flexibility index (Phi) is 3.56. The lowest BCUT2D eigenvalue weighted by Crippen LogP contribution is -2.28. The number of hydrogen-bond acceptors (Lipinski definition) is 4. The van der Waals surface area contributed by atoms with Crippen LogP contribution >= 0.6 is 0 Å². The van der Waals surface area contributed by atoms with Gasteiger partial charge in [-0.1, -0.05) is 12.1 Å². The van der Waals surface area contributed by atoms with Crippen LogP contribution < -0.4 is 5.32 Å². The second-order valence-electron chi connectivity index (χ2n) is 6.82. The Morgan fingerprint density at radius 3 is 3.07 bits per heavy atom. The van der Waals surface area contributed by atoms with Crippen LogP contribution in [-0.2, 0) is 13.1 Å². The molecule has 132 valence electrons. The molecule has 27 heavy (non-hydrogen) atoms. The van der Waals surface area contributed by atoms with Gasteiger partial charge in [0, 0.05) is 42.0 Å². The molecule has 5 rings (SSSR count). The zero-order chi connectivity index (χ0) is 18.4. The highest BCUT2D eigenvalue weighted by Crippen LogP contribution is 2.39. The van der Waals surface area contributed by atoms with Gasteiger partial charge in [0.05, 0.1) is 23.9 Å². The Morgan fingerprint density at radius 2 is 2.19 bits per heavy atom. The number of nitrogens with zero attached hydrogens (tertiary/aromatic N) is 4. The lowest BCUT2D eigenvalue weighted by atomic mass is 9.95. The zero-order valence-corrected chi connectivity index (χ0v) is 15.0. The number of nitrogens with one attached hydrogen (secondary N) is 2. The molecule has 0 unspecified atom stereocenters. The van der Waals surface area contributed by atoms with Crippen molar-refractivity contribution in [1.82, 2.24) is 25.1 Å². The van der Waals surface area contributed by atoms with Crippen molar-refractivity contribution < 1.29 is 0 Å². The molecular formula is C21H18N6. The highest BCUT2D eigenvalue weighted by atomic mass is 15.3. The number of rotatable bonds is 2. The third-order valence-electron chi connectivity index (χ3n) is 5.16. The van der Waals surface area contributed by atoms with Gasteiger partial charge in [-0.2, -0.15) is 10.4 Å². The van der Waals surface area contributed by atoms with Crippen molar-refractivity contribution in [3.63, 3.8) is 0 Å². The highest BCUT2D eigenvalue weighted by Gasteiger charge is 2.24. The van der Waals surface area contributed by atoms with E-state index in [1.165, 1.54) is 5.69 Å². The first kappa shape index (κ1) is 15.8.